The Hall–Kier alpha value is -1.12. The standard InChI is InChI=1S/C16H19NO2/c18-12-7-9-2-1-3-11-14(9)17(12)15-10-5-4-8(6-10)13(15)16(11)19/h8-10,13,15H,1-7H2/t8-,9-,10+,13-,15+/m0/s1. The van der Waals surface area contributed by atoms with E-state index in [-0.39, 0.29) is 12.0 Å². The number of allylic oxidation sites excluding steroid dienone is 2. The number of ketones is 1. The molecule has 0 aromatic carbocycles. The van der Waals surface area contributed by atoms with Crippen LogP contribution in [0, 0.1) is 23.7 Å². The zero-order valence-corrected chi connectivity index (χ0v) is 11.1. The second-order valence-electron chi connectivity index (χ2n) is 7.13. The van der Waals surface area contributed by atoms with Gasteiger partial charge in [0.15, 0.2) is 5.78 Å². The van der Waals surface area contributed by atoms with E-state index in [1.807, 2.05) is 0 Å². The van der Waals surface area contributed by atoms with Gasteiger partial charge >= 0.3 is 0 Å². The third-order valence-electron chi connectivity index (χ3n) is 6.40. The molecule has 1 amide bonds. The number of Topliss-reactive ketones (excluding diaryl/α,β-unsaturated/α-hetero) is 1. The first kappa shape index (κ1) is 10.6. The topological polar surface area (TPSA) is 37.4 Å². The summed E-state index contributed by atoms with van der Waals surface area (Å²) in [5, 5.41) is 0. The van der Waals surface area contributed by atoms with E-state index in [4.69, 9.17) is 0 Å². The molecular formula is C16H19NO2. The van der Waals surface area contributed by atoms with E-state index < -0.39 is 0 Å². The molecule has 0 N–H and O–H groups in total. The lowest BCUT2D eigenvalue weighted by Gasteiger charge is -2.44. The van der Waals surface area contributed by atoms with Crippen molar-refractivity contribution in [1.82, 2.24) is 4.90 Å². The summed E-state index contributed by atoms with van der Waals surface area (Å²) in [5.74, 6) is 2.47. The van der Waals surface area contributed by atoms with Crippen molar-refractivity contribution in [1.29, 1.82) is 0 Å². The van der Waals surface area contributed by atoms with Gasteiger partial charge in [0.25, 0.3) is 0 Å². The summed E-state index contributed by atoms with van der Waals surface area (Å²) in [5.41, 5.74) is 2.23. The van der Waals surface area contributed by atoms with Gasteiger partial charge in [0.05, 0.1) is 0 Å². The van der Waals surface area contributed by atoms with Crippen molar-refractivity contribution < 1.29 is 9.59 Å². The maximum atomic E-state index is 12.9. The molecule has 3 nitrogen and oxygen atoms in total. The molecule has 2 bridgehead atoms. The van der Waals surface area contributed by atoms with Crippen molar-refractivity contribution in [3.8, 4) is 0 Å². The second kappa shape index (κ2) is 3.31. The molecular weight excluding hydrogens is 238 g/mol. The largest absolute Gasteiger partial charge is 0.311 e. The molecule has 0 aromatic rings. The van der Waals surface area contributed by atoms with Gasteiger partial charge in [-0.2, -0.15) is 0 Å². The minimum Gasteiger partial charge on any atom is -0.311 e. The fourth-order valence-corrected chi connectivity index (χ4v) is 5.80. The molecule has 0 aromatic heterocycles. The first-order valence-corrected chi connectivity index (χ1v) is 7.85. The molecule has 0 spiro atoms. The van der Waals surface area contributed by atoms with Gasteiger partial charge in [0.2, 0.25) is 5.91 Å². The Morgan fingerprint density at radius 2 is 1.89 bits per heavy atom. The molecule has 3 fully saturated rings. The Morgan fingerprint density at radius 1 is 1.05 bits per heavy atom. The van der Waals surface area contributed by atoms with Crippen LogP contribution in [0.5, 0.6) is 0 Å². The zero-order chi connectivity index (χ0) is 12.7. The van der Waals surface area contributed by atoms with Gasteiger partial charge in [-0.15, -0.1) is 0 Å². The summed E-state index contributed by atoms with van der Waals surface area (Å²) in [4.78, 5) is 27.4. The SMILES string of the molecule is O=C1C2=C3[C@@H](CCC2)CC(=O)N3[C@@H]2[C@@H]3CC[C@@H](C3)[C@H]12. The van der Waals surface area contributed by atoms with Crippen LogP contribution in [0.4, 0.5) is 0 Å². The average molecular weight is 257 g/mol. The van der Waals surface area contributed by atoms with Crippen LogP contribution in [-0.4, -0.2) is 22.6 Å². The number of hydrogen-bond donors (Lipinski definition) is 0. The highest BCUT2D eigenvalue weighted by Crippen LogP contribution is 2.58. The number of hydrogen-bond acceptors (Lipinski definition) is 2. The van der Waals surface area contributed by atoms with Crippen LogP contribution in [-0.2, 0) is 9.59 Å². The summed E-state index contributed by atoms with van der Waals surface area (Å²) in [6.45, 7) is 0. The van der Waals surface area contributed by atoms with Crippen LogP contribution in [0.3, 0.4) is 0 Å². The third kappa shape index (κ3) is 1.12. The predicted octanol–water partition coefficient (Wildman–Crippen LogP) is 2.27. The molecule has 0 unspecified atom stereocenters. The highest BCUT2D eigenvalue weighted by molar-refractivity contribution is 6.02. The van der Waals surface area contributed by atoms with Crippen LogP contribution in [0.2, 0.25) is 0 Å². The lowest BCUT2D eigenvalue weighted by atomic mass is 9.72. The Balaban J connectivity index is 1.71. The van der Waals surface area contributed by atoms with Crippen molar-refractivity contribution in [2.75, 3.05) is 0 Å². The van der Waals surface area contributed by atoms with Gasteiger partial charge < -0.3 is 4.90 Å². The summed E-state index contributed by atoms with van der Waals surface area (Å²) >= 11 is 0. The van der Waals surface area contributed by atoms with Gasteiger partial charge in [-0.1, -0.05) is 0 Å². The van der Waals surface area contributed by atoms with Gasteiger partial charge in [0.1, 0.15) is 0 Å². The number of rotatable bonds is 0. The molecule has 1 saturated heterocycles. The van der Waals surface area contributed by atoms with Crippen LogP contribution in [0.25, 0.3) is 0 Å². The molecule has 2 aliphatic heterocycles. The first-order valence-electron chi connectivity index (χ1n) is 7.85. The van der Waals surface area contributed by atoms with Gasteiger partial charge in [0, 0.05) is 35.6 Å². The molecule has 0 radical (unpaired) electrons. The van der Waals surface area contributed by atoms with E-state index >= 15 is 0 Å². The summed E-state index contributed by atoms with van der Waals surface area (Å²) in [7, 11) is 0. The van der Waals surface area contributed by atoms with E-state index in [0.29, 0.717) is 35.9 Å². The number of nitrogens with zero attached hydrogens (tertiary/aromatic N) is 1. The van der Waals surface area contributed by atoms with Crippen molar-refractivity contribution in [2.45, 2.75) is 51.0 Å². The van der Waals surface area contributed by atoms with Crippen LogP contribution < -0.4 is 0 Å². The quantitative estimate of drug-likeness (QED) is 0.667. The maximum absolute atomic E-state index is 12.9. The predicted molar refractivity (Wildman–Crippen MR) is 68.9 cm³/mol. The lowest BCUT2D eigenvalue weighted by molar-refractivity contribution is -0.134. The fraction of sp³-hybridized carbons (Fsp3) is 0.750. The van der Waals surface area contributed by atoms with Gasteiger partial charge in [-0.3, -0.25) is 9.59 Å². The summed E-state index contributed by atoms with van der Waals surface area (Å²) in [6, 6.07) is 0.251. The fourth-order valence-electron chi connectivity index (χ4n) is 5.80. The normalized spacial score (nSPS) is 46.9. The van der Waals surface area contributed by atoms with E-state index in [2.05, 4.69) is 4.90 Å². The molecule has 5 rings (SSSR count). The maximum Gasteiger partial charge on any atom is 0.227 e. The van der Waals surface area contributed by atoms with Crippen LogP contribution in [0.15, 0.2) is 11.3 Å². The molecule has 5 atom stereocenters. The summed E-state index contributed by atoms with van der Waals surface area (Å²) in [6.07, 6.45) is 7.45. The monoisotopic (exact) mass is 257 g/mol. The van der Waals surface area contributed by atoms with E-state index in [9.17, 15) is 9.59 Å². The Labute approximate surface area is 113 Å². The van der Waals surface area contributed by atoms with Crippen molar-refractivity contribution in [3.63, 3.8) is 0 Å². The van der Waals surface area contributed by atoms with E-state index in [1.54, 1.807) is 0 Å². The number of carbonyl (C=O) groups is 2. The highest BCUT2D eigenvalue weighted by Gasteiger charge is 2.60. The van der Waals surface area contributed by atoms with E-state index in [1.165, 1.54) is 25.0 Å². The van der Waals surface area contributed by atoms with Crippen molar-refractivity contribution in [2.24, 2.45) is 23.7 Å². The Kier molecular flexibility index (Phi) is 1.85. The average Bonchev–Trinajstić information content (AvgIpc) is 3.07. The third-order valence-corrected chi connectivity index (χ3v) is 6.40. The first-order chi connectivity index (χ1) is 9.25. The highest BCUT2D eigenvalue weighted by atomic mass is 16.2. The van der Waals surface area contributed by atoms with Gasteiger partial charge in [-0.25, -0.2) is 0 Å². The Bertz CT molecular complexity index is 535. The molecule has 100 valence electrons. The van der Waals surface area contributed by atoms with E-state index in [0.717, 1.165) is 24.8 Å². The molecule has 3 heteroatoms. The zero-order valence-electron chi connectivity index (χ0n) is 11.1. The smallest absolute Gasteiger partial charge is 0.227 e. The minimum atomic E-state index is 0.165. The molecule has 2 saturated carbocycles. The number of amides is 1. The van der Waals surface area contributed by atoms with Crippen LogP contribution >= 0.6 is 0 Å². The minimum absolute atomic E-state index is 0.165. The second-order valence-corrected chi connectivity index (χ2v) is 7.13. The molecule has 2 heterocycles. The molecule has 5 aliphatic rings. The summed E-state index contributed by atoms with van der Waals surface area (Å²) < 4.78 is 0. The van der Waals surface area contributed by atoms with Crippen molar-refractivity contribution in [3.05, 3.63) is 11.3 Å². The van der Waals surface area contributed by atoms with Gasteiger partial charge in [-0.05, 0) is 50.4 Å². The Morgan fingerprint density at radius 3 is 2.79 bits per heavy atom. The van der Waals surface area contributed by atoms with Crippen LogP contribution in [0.1, 0.15) is 44.9 Å². The molecule has 3 aliphatic carbocycles. The lowest BCUT2D eigenvalue weighted by Crippen LogP contribution is -2.51. The number of fused-ring (bicyclic) bond motifs is 6. The number of carbonyl (C=O) groups excluding carboxylic acids is 2. The van der Waals surface area contributed by atoms with Crippen molar-refractivity contribution >= 4 is 11.7 Å². The molecule has 19 heavy (non-hydrogen) atoms.